The zero-order valence-electron chi connectivity index (χ0n) is 56.7. The summed E-state index contributed by atoms with van der Waals surface area (Å²) < 4.78 is 5.52. The van der Waals surface area contributed by atoms with Gasteiger partial charge in [-0.25, -0.2) is 0 Å². The van der Waals surface area contributed by atoms with Gasteiger partial charge in [0.15, 0.2) is 0 Å². The monoisotopic (exact) mass is 1170 g/mol. The molecule has 83 heavy (non-hydrogen) atoms. The van der Waals surface area contributed by atoms with Crippen LogP contribution in [0.3, 0.4) is 0 Å². The number of ether oxygens (including phenoxy) is 1. The van der Waals surface area contributed by atoms with Crippen molar-refractivity contribution < 1.29 is 24.5 Å². The van der Waals surface area contributed by atoms with Gasteiger partial charge in [-0.3, -0.25) is 9.59 Å². The van der Waals surface area contributed by atoms with Gasteiger partial charge in [0.2, 0.25) is 5.91 Å². The molecule has 0 aliphatic rings. The SMILES string of the molecule is CCCCCCCC/C=C\CCCCCCCCCCCC(=O)OCCCCCCCCCCCCCCCCCCCCCCCCCCCCCCC(=O)NC(CO)C(O)CCCCCCCCCCCCCCCCCCCCC. The first-order chi connectivity index (χ1) is 41.0. The highest BCUT2D eigenvalue weighted by Gasteiger charge is 2.20. The second kappa shape index (κ2) is 73.1. The molecule has 0 bridgehead atoms. The fraction of sp³-hybridized carbons (Fsp3) is 0.948. The molecule has 2 unspecified atom stereocenters. The Balaban J connectivity index is 3.33. The van der Waals surface area contributed by atoms with E-state index >= 15 is 0 Å². The number of carbonyl (C=O) groups excluding carboxylic acids is 2. The van der Waals surface area contributed by atoms with Crippen molar-refractivity contribution in [2.24, 2.45) is 0 Å². The van der Waals surface area contributed by atoms with Gasteiger partial charge >= 0.3 is 5.97 Å². The number of amides is 1. The summed E-state index contributed by atoms with van der Waals surface area (Å²) in [6.45, 7) is 5.00. The average molecular weight is 1170 g/mol. The van der Waals surface area contributed by atoms with E-state index in [4.69, 9.17) is 4.74 Å². The smallest absolute Gasteiger partial charge is 0.305 e. The molecule has 2 atom stereocenters. The van der Waals surface area contributed by atoms with Crippen molar-refractivity contribution in [2.75, 3.05) is 13.2 Å². The Bertz CT molecular complexity index is 1260. The van der Waals surface area contributed by atoms with E-state index in [-0.39, 0.29) is 18.5 Å². The first kappa shape index (κ1) is 81.6. The molecule has 0 aliphatic heterocycles. The Kier molecular flexibility index (Phi) is 71.8. The second-order valence-electron chi connectivity index (χ2n) is 26.7. The number of allylic oxidation sites excluding steroid dienone is 2. The maximum absolute atomic E-state index is 12.5. The van der Waals surface area contributed by atoms with Gasteiger partial charge in [0.05, 0.1) is 25.4 Å². The Hall–Kier alpha value is -1.40. The summed E-state index contributed by atoms with van der Waals surface area (Å²) in [5.41, 5.74) is 0. The standard InChI is InChI=1S/C77H151NO5/c1-3-5-7-9-11-13-15-17-19-21-33-37-41-45-49-53-57-61-65-69-75(80)74(73-79)78-76(81)70-66-62-58-54-50-46-42-38-35-31-29-27-25-23-24-26-28-30-32-36-40-44-48-52-56-60-64-68-72-83-77(82)71-67-63-59-55-51-47-43-39-34-22-20-18-16-14-12-10-8-6-4-2/h18,20,74-75,79-80H,3-17,19,21-73H2,1-2H3,(H,78,81)/b20-18-. The van der Waals surface area contributed by atoms with Crippen LogP contribution in [0, 0.1) is 0 Å². The molecule has 0 saturated heterocycles. The van der Waals surface area contributed by atoms with E-state index in [0.717, 1.165) is 38.5 Å². The van der Waals surface area contributed by atoms with E-state index < -0.39 is 12.1 Å². The summed E-state index contributed by atoms with van der Waals surface area (Å²) in [4.78, 5) is 24.7. The quantitative estimate of drug-likeness (QED) is 0.0320. The zero-order chi connectivity index (χ0) is 59.9. The minimum Gasteiger partial charge on any atom is -0.466 e. The normalized spacial score (nSPS) is 12.5. The van der Waals surface area contributed by atoms with Crippen LogP contribution in [0.5, 0.6) is 0 Å². The number of aliphatic hydroxyl groups excluding tert-OH is 2. The molecule has 3 N–H and O–H groups in total. The molecule has 0 rings (SSSR count). The number of carbonyl (C=O) groups is 2. The summed E-state index contributed by atoms with van der Waals surface area (Å²) in [6, 6.07) is -0.539. The third kappa shape index (κ3) is 69.6. The maximum atomic E-state index is 12.5. The highest BCUT2D eigenvalue weighted by Crippen LogP contribution is 2.20. The lowest BCUT2D eigenvalue weighted by atomic mass is 10.0. The average Bonchev–Trinajstić information content (AvgIpc) is 3.49. The molecule has 0 heterocycles. The van der Waals surface area contributed by atoms with Crippen LogP contribution in [0.25, 0.3) is 0 Å². The highest BCUT2D eigenvalue weighted by molar-refractivity contribution is 5.76. The van der Waals surface area contributed by atoms with E-state index in [1.807, 2.05) is 0 Å². The number of esters is 1. The summed E-state index contributed by atoms with van der Waals surface area (Å²) in [6.07, 6.45) is 91.4. The number of rotatable bonds is 73. The number of unbranched alkanes of at least 4 members (excludes halogenated alkanes) is 60. The number of hydrogen-bond acceptors (Lipinski definition) is 5. The van der Waals surface area contributed by atoms with E-state index in [1.165, 1.54) is 372 Å². The van der Waals surface area contributed by atoms with Crippen molar-refractivity contribution in [3.8, 4) is 0 Å². The Morgan fingerprint density at radius 3 is 0.855 bits per heavy atom. The van der Waals surface area contributed by atoms with Crippen LogP contribution in [0.4, 0.5) is 0 Å². The molecular formula is C77H151NO5. The zero-order valence-corrected chi connectivity index (χ0v) is 56.7. The van der Waals surface area contributed by atoms with Gasteiger partial charge in [0, 0.05) is 12.8 Å². The summed E-state index contributed by atoms with van der Waals surface area (Å²) in [5, 5.41) is 23.4. The van der Waals surface area contributed by atoms with Gasteiger partial charge in [-0.1, -0.05) is 392 Å². The topological polar surface area (TPSA) is 95.9 Å². The molecule has 6 nitrogen and oxygen atoms in total. The highest BCUT2D eigenvalue weighted by atomic mass is 16.5. The van der Waals surface area contributed by atoms with Crippen LogP contribution in [-0.4, -0.2) is 47.4 Å². The van der Waals surface area contributed by atoms with Crippen molar-refractivity contribution in [2.45, 2.75) is 456 Å². The van der Waals surface area contributed by atoms with Crippen LogP contribution in [0.2, 0.25) is 0 Å². The molecule has 494 valence electrons. The molecule has 0 aromatic heterocycles. The summed E-state index contributed by atoms with van der Waals surface area (Å²) in [7, 11) is 0. The number of aliphatic hydroxyl groups is 2. The first-order valence-corrected chi connectivity index (χ1v) is 38.4. The molecule has 0 radical (unpaired) electrons. The molecule has 1 amide bonds. The molecule has 0 fully saturated rings. The van der Waals surface area contributed by atoms with Crippen molar-refractivity contribution in [3.05, 3.63) is 12.2 Å². The fourth-order valence-corrected chi connectivity index (χ4v) is 12.5. The van der Waals surface area contributed by atoms with Crippen LogP contribution in [-0.2, 0) is 14.3 Å². The molecular weight excluding hydrogens is 1020 g/mol. The van der Waals surface area contributed by atoms with E-state index in [2.05, 4.69) is 31.3 Å². The van der Waals surface area contributed by atoms with Gasteiger partial charge in [0.1, 0.15) is 0 Å². The van der Waals surface area contributed by atoms with Gasteiger partial charge in [-0.15, -0.1) is 0 Å². The predicted octanol–water partition coefficient (Wildman–Crippen LogP) is 25.1. The molecule has 0 aromatic carbocycles. The van der Waals surface area contributed by atoms with Gasteiger partial charge in [0.25, 0.3) is 0 Å². The Morgan fingerprint density at radius 2 is 0.566 bits per heavy atom. The van der Waals surface area contributed by atoms with Crippen LogP contribution >= 0.6 is 0 Å². The van der Waals surface area contributed by atoms with Crippen molar-refractivity contribution in [1.82, 2.24) is 5.32 Å². The molecule has 0 spiro atoms. The largest absolute Gasteiger partial charge is 0.466 e. The second-order valence-corrected chi connectivity index (χ2v) is 26.7. The van der Waals surface area contributed by atoms with Crippen molar-refractivity contribution in [3.63, 3.8) is 0 Å². The van der Waals surface area contributed by atoms with Gasteiger partial charge in [-0.2, -0.15) is 0 Å². The number of nitrogens with one attached hydrogen (secondary N) is 1. The summed E-state index contributed by atoms with van der Waals surface area (Å²) in [5.74, 6) is -0.00703. The van der Waals surface area contributed by atoms with Crippen LogP contribution in [0.15, 0.2) is 12.2 Å². The molecule has 0 saturated carbocycles. The van der Waals surface area contributed by atoms with Crippen LogP contribution in [0.1, 0.15) is 444 Å². The Labute approximate surface area is 520 Å². The lowest BCUT2D eigenvalue weighted by molar-refractivity contribution is -0.143. The first-order valence-electron chi connectivity index (χ1n) is 38.4. The lowest BCUT2D eigenvalue weighted by Gasteiger charge is -2.22. The van der Waals surface area contributed by atoms with E-state index in [0.29, 0.717) is 25.9 Å². The minimum atomic E-state index is -0.662. The third-order valence-corrected chi connectivity index (χ3v) is 18.3. The predicted molar refractivity (Wildman–Crippen MR) is 366 cm³/mol. The van der Waals surface area contributed by atoms with Gasteiger partial charge in [-0.05, 0) is 51.4 Å². The lowest BCUT2D eigenvalue weighted by Crippen LogP contribution is -2.45. The van der Waals surface area contributed by atoms with Gasteiger partial charge < -0.3 is 20.3 Å². The molecule has 6 heteroatoms. The minimum absolute atomic E-state index is 0.0197. The fourth-order valence-electron chi connectivity index (χ4n) is 12.5. The third-order valence-electron chi connectivity index (χ3n) is 18.3. The molecule has 0 aliphatic carbocycles. The van der Waals surface area contributed by atoms with Crippen LogP contribution < -0.4 is 5.32 Å². The van der Waals surface area contributed by atoms with E-state index in [1.54, 1.807) is 0 Å². The number of hydrogen-bond donors (Lipinski definition) is 3. The van der Waals surface area contributed by atoms with Crippen molar-refractivity contribution in [1.29, 1.82) is 0 Å². The van der Waals surface area contributed by atoms with E-state index in [9.17, 15) is 19.8 Å². The summed E-state index contributed by atoms with van der Waals surface area (Å²) >= 11 is 0. The maximum Gasteiger partial charge on any atom is 0.305 e. The Morgan fingerprint density at radius 1 is 0.325 bits per heavy atom. The van der Waals surface area contributed by atoms with Crippen molar-refractivity contribution >= 4 is 11.9 Å². The molecule has 0 aromatic rings.